The van der Waals surface area contributed by atoms with Crippen LogP contribution >= 0.6 is 46.9 Å². The van der Waals surface area contributed by atoms with Crippen molar-refractivity contribution in [3.8, 4) is 0 Å². The van der Waals surface area contributed by atoms with Gasteiger partial charge in [0.1, 0.15) is 0 Å². The minimum absolute atomic E-state index is 0. The van der Waals surface area contributed by atoms with Crippen LogP contribution in [0.5, 0.6) is 0 Å². The molecule has 0 saturated carbocycles. The predicted molar refractivity (Wildman–Crippen MR) is 115 cm³/mol. The van der Waals surface area contributed by atoms with Gasteiger partial charge >= 0.3 is 0 Å². The lowest BCUT2D eigenvalue weighted by molar-refractivity contribution is 0.250. The molecular weight excluding hydrogens is 409 g/mol. The number of thiazole rings is 1. The fourth-order valence-corrected chi connectivity index (χ4v) is 4.65. The third-order valence-corrected chi connectivity index (χ3v) is 6.16. The number of benzene rings is 2. The second kappa shape index (κ2) is 8.77. The van der Waals surface area contributed by atoms with E-state index in [1.54, 1.807) is 11.3 Å². The standard InChI is InChI=1S/C19H19Cl2N3S.ClH/c20-12-14-2-1-3-15(10-14)13-23-6-8-24(9-7-23)19-22-17-5-4-16(21)11-18(17)25-19;/h1-5,10-11H,6-9,12-13H2;1H. The maximum absolute atomic E-state index is 6.08. The van der Waals surface area contributed by atoms with Crippen LogP contribution < -0.4 is 4.90 Å². The summed E-state index contributed by atoms with van der Waals surface area (Å²) in [6.45, 7) is 5.07. The van der Waals surface area contributed by atoms with Crippen molar-refractivity contribution < 1.29 is 0 Å². The highest BCUT2D eigenvalue weighted by Gasteiger charge is 2.20. The van der Waals surface area contributed by atoms with Gasteiger partial charge in [-0.05, 0) is 29.3 Å². The Bertz CT molecular complexity index is 875. The number of anilines is 1. The molecule has 0 atom stereocenters. The monoisotopic (exact) mass is 427 g/mol. The van der Waals surface area contributed by atoms with Crippen LogP contribution in [0.1, 0.15) is 11.1 Å². The van der Waals surface area contributed by atoms with Crippen molar-refractivity contribution in [3.05, 3.63) is 58.6 Å². The number of alkyl halides is 1. The molecular formula is C19H20Cl3N3S. The van der Waals surface area contributed by atoms with Crippen LogP contribution in [0, 0.1) is 0 Å². The van der Waals surface area contributed by atoms with Gasteiger partial charge < -0.3 is 4.90 Å². The zero-order valence-corrected chi connectivity index (χ0v) is 17.3. The van der Waals surface area contributed by atoms with Gasteiger partial charge in [0, 0.05) is 43.6 Å². The molecule has 2 aromatic carbocycles. The first-order chi connectivity index (χ1) is 12.2. The summed E-state index contributed by atoms with van der Waals surface area (Å²) < 4.78 is 1.16. The summed E-state index contributed by atoms with van der Waals surface area (Å²) in [5.41, 5.74) is 3.55. The number of fused-ring (bicyclic) bond motifs is 1. The maximum atomic E-state index is 6.08. The molecule has 0 spiro atoms. The van der Waals surface area contributed by atoms with Crippen molar-refractivity contribution in [2.45, 2.75) is 12.4 Å². The Morgan fingerprint density at radius 2 is 1.77 bits per heavy atom. The van der Waals surface area contributed by atoms with E-state index in [9.17, 15) is 0 Å². The van der Waals surface area contributed by atoms with E-state index in [-0.39, 0.29) is 12.4 Å². The smallest absolute Gasteiger partial charge is 0.186 e. The van der Waals surface area contributed by atoms with Crippen LogP contribution in [0.4, 0.5) is 5.13 Å². The fraction of sp³-hybridized carbons (Fsp3) is 0.316. The first-order valence-corrected chi connectivity index (χ1v) is 10.1. The van der Waals surface area contributed by atoms with Crippen molar-refractivity contribution in [1.29, 1.82) is 0 Å². The number of nitrogens with zero attached hydrogens (tertiary/aromatic N) is 3. The minimum atomic E-state index is 0. The SMILES string of the molecule is Cl.ClCc1cccc(CN2CCN(c3nc4ccc(Cl)cc4s3)CC2)c1. The number of halogens is 3. The molecule has 1 aliphatic rings. The predicted octanol–water partition coefficient (Wildman–Crippen LogP) is 5.43. The van der Waals surface area contributed by atoms with Crippen LogP contribution in [0.2, 0.25) is 5.02 Å². The maximum Gasteiger partial charge on any atom is 0.186 e. The van der Waals surface area contributed by atoms with Gasteiger partial charge in [-0.3, -0.25) is 4.90 Å². The highest BCUT2D eigenvalue weighted by molar-refractivity contribution is 7.22. The van der Waals surface area contributed by atoms with Crippen LogP contribution in [-0.2, 0) is 12.4 Å². The Kier molecular flexibility index (Phi) is 6.65. The van der Waals surface area contributed by atoms with Crippen molar-refractivity contribution in [3.63, 3.8) is 0 Å². The zero-order chi connectivity index (χ0) is 17.2. The van der Waals surface area contributed by atoms with Crippen LogP contribution in [0.3, 0.4) is 0 Å². The second-order valence-corrected chi connectivity index (χ2v) is 8.04. The normalized spacial score (nSPS) is 15.2. The number of rotatable bonds is 4. The Balaban J connectivity index is 0.00000196. The molecule has 3 nitrogen and oxygen atoms in total. The van der Waals surface area contributed by atoms with Crippen LogP contribution in [0.15, 0.2) is 42.5 Å². The quantitative estimate of drug-likeness (QED) is 0.516. The van der Waals surface area contributed by atoms with Crippen molar-refractivity contribution in [2.75, 3.05) is 31.1 Å². The fourth-order valence-electron chi connectivity index (χ4n) is 3.19. The van der Waals surface area contributed by atoms with E-state index in [1.165, 1.54) is 11.1 Å². The molecule has 0 unspecified atom stereocenters. The van der Waals surface area contributed by atoms with E-state index in [4.69, 9.17) is 28.2 Å². The van der Waals surface area contributed by atoms with E-state index in [2.05, 4.69) is 34.1 Å². The molecule has 0 N–H and O–H groups in total. The van der Waals surface area contributed by atoms with Crippen molar-refractivity contribution >= 4 is 62.3 Å². The lowest BCUT2D eigenvalue weighted by Gasteiger charge is -2.34. The Labute approximate surface area is 173 Å². The Morgan fingerprint density at radius 3 is 2.54 bits per heavy atom. The summed E-state index contributed by atoms with van der Waals surface area (Å²) in [5.74, 6) is 0.573. The summed E-state index contributed by atoms with van der Waals surface area (Å²) >= 11 is 13.7. The Morgan fingerprint density at radius 1 is 1.00 bits per heavy atom. The molecule has 4 rings (SSSR count). The first-order valence-electron chi connectivity index (χ1n) is 8.38. The third kappa shape index (κ3) is 4.44. The van der Waals surface area contributed by atoms with Gasteiger partial charge in [0.2, 0.25) is 0 Å². The topological polar surface area (TPSA) is 19.4 Å². The first kappa shape index (κ1) is 19.7. The third-order valence-electron chi connectivity index (χ3n) is 4.53. The van der Waals surface area contributed by atoms with Gasteiger partial charge in [0.25, 0.3) is 0 Å². The van der Waals surface area contributed by atoms with Crippen molar-refractivity contribution in [1.82, 2.24) is 9.88 Å². The number of aromatic nitrogens is 1. The molecule has 138 valence electrons. The molecule has 2 heterocycles. The van der Waals surface area contributed by atoms with Crippen LogP contribution in [0.25, 0.3) is 10.2 Å². The molecule has 1 fully saturated rings. The number of piperazine rings is 1. The molecule has 1 saturated heterocycles. The minimum Gasteiger partial charge on any atom is -0.345 e. The molecule has 1 aliphatic heterocycles. The van der Waals surface area contributed by atoms with Gasteiger partial charge in [-0.15, -0.1) is 24.0 Å². The second-order valence-electron chi connectivity index (χ2n) is 6.33. The summed E-state index contributed by atoms with van der Waals surface area (Å²) in [4.78, 5) is 9.64. The molecule has 0 aliphatic carbocycles. The summed E-state index contributed by atoms with van der Waals surface area (Å²) in [6, 6.07) is 14.5. The summed E-state index contributed by atoms with van der Waals surface area (Å²) in [5, 5.41) is 1.87. The van der Waals surface area contributed by atoms with Gasteiger partial charge in [-0.2, -0.15) is 0 Å². The van der Waals surface area contributed by atoms with Gasteiger partial charge in [-0.1, -0.05) is 47.2 Å². The van der Waals surface area contributed by atoms with Crippen LogP contribution in [-0.4, -0.2) is 36.1 Å². The number of hydrogen-bond acceptors (Lipinski definition) is 4. The average molecular weight is 429 g/mol. The lowest BCUT2D eigenvalue weighted by Crippen LogP contribution is -2.45. The van der Waals surface area contributed by atoms with E-state index in [0.29, 0.717) is 5.88 Å². The van der Waals surface area contributed by atoms with E-state index >= 15 is 0 Å². The van der Waals surface area contributed by atoms with Gasteiger partial charge in [0.15, 0.2) is 5.13 Å². The van der Waals surface area contributed by atoms with Gasteiger partial charge in [-0.25, -0.2) is 4.98 Å². The molecule has 3 aromatic rings. The molecule has 0 radical (unpaired) electrons. The zero-order valence-electron chi connectivity index (χ0n) is 14.2. The molecule has 1 aromatic heterocycles. The summed E-state index contributed by atoms with van der Waals surface area (Å²) in [6.07, 6.45) is 0. The van der Waals surface area contributed by atoms with E-state index in [0.717, 1.165) is 53.1 Å². The molecule has 26 heavy (non-hydrogen) atoms. The molecule has 0 bridgehead atoms. The van der Waals surface area contributed by atoms with Gasteiger partial charge in [0.05, 0.1) is 10.2 Å². The highest BCUT2D eigenvalue weighted by atomic mass is 35.5. The highest BCUT2D eigenvalue weighted by Crippen LogP contribution is 2.31. The molecule has 0 amide bonds. The van der Waals surface area contributed by atoms with Crippen molar-refractivity contribution in [2.24, 2.45) is 0 Å². The molecule has 7 heteroatoms. The lowest BCUT2D eigenvalue weighted by atomic mass is 10.1. The van der Waals surface area contributed by atoms with E-state index < -0.39 is 0 Å². The summed E-state index contributed by atoms with van der Waals surface area (Å²) in [7, 11) is 0. The number of hydrogen-bond donors (Lipinski definition) is 0. The Hall–Kier alpha value is -1.04. The van der Waals surface area contributed by atoms with E-state index in [1.807, 2.05) is 18.2 Å². The largest absolute Gasteiger partial charge is 0.345 e. The average Bonchev–Trinajstić information content (AvgIpc) is 3.05.